The van der Waals surface area contributed by atoms with E-state index in [1.165, 1.54) is 0 Å². The summed E-state index contributed by atoms with van der Waals surface area (Å²) in [5.41, 5.74) is 1.53. The molecule has 2 fully saturated rings. The Labute approximate surface area is 182 Å². The molecule has 0 bridgehead atoms. The van der Waals surface area contributed by atoms with E-state index < -0.39 is 11.4 Å². The molecule has 0 saturated carbocycles. The van der Waals surface area contributed by atoms with Gasteiger partial charge in [-0.25, -0.2) is 4.79 Å². The summed E-state index contributed by atoms with van der Waals surface area (Å²) in [7, 11) is 0. The average Bonchev–Trinajstić information content (AvgIpc) is 3.68. The summed E-state index contributed by atoms with van der Waals surface area (Å²) in [5.74, 6) is -0.125. The fourth-order valence-electron chi connectivity index (χ4n) is 3.88. The van der Waals surface area contributed by atoms with Crippen LogP contribution in [0.3, 0.4) is 0 Å². The number of esters is 1. The molecule has 6 heteroatoms. The molecular formula is C25H28O6. The van der Waals surface area contributed by atoms with Gasteiger partial charge in [0.05, 0.1) is 30.8 Å². The molecule has 164 valence electrons. The van der Waals surface area contributed by atoms with Gasteiger partial charge < -0.3 is 24.4 Å². The Bertz CT molecular complexity index is 866. The van der Waals surface area contributed by atoms with Crippen LogP contribution in [0.25, 0.3) is 0 Å². The number of hydrogen-bond acceptors (Lipinski definition) is 6. The van der Waals surface area contributed by atoms with E-state index in [0.717, 1.165) is 37.2 Å². The minimum absolute atomic E-state index is 0.0268. The van der Waals surface area contributed by atoms with Crippen LogP contribution in [0.5, 0.6) is 11.5 Å². The maximum absolute atomic E-state index is 12.9. The number of rotatable bonds is 10. The number of aromatic hydroxyl groups is 2. The molecule has 0 radical (unpaired) electrons. The summed E-state index contributed by atoms with van der Waals surface area (Å²) in [5, 5.41) is 19.4. The predicted octanol–water partition coefficient (Wildman–Crippen LogP) is 3.70. The van der Waals surface area contributed by atoms with Crippen molar-refractivity contribution in [3.8, 4) is 11.5 Å². The fraction of sp³-hybridized carbons (Fsp3) is 0.400. The van der Waals surface area contributed by atoms with Crippen molar-refractivity contribution in [2.24, 2.45) is 5.92 Å². The largest absolute Gasteiger partial charge is 0.508 e. The highest BCUT2D eigenvalue weighted by Crippen LogP contribution is 2.36. The van der Waals surface area contributed by atoms with Crippen LogP contribution in [0.4, 0.5) is 0 Å². The highest BCUT2D eigenvalue weighted by Gasteiger charge is 2.36. The third kappa shape index (κ3) is 5.27. The summed E-state index contributed by atoms with van der Waals surface area (Å²) in [4.78, 5) is 12.9. The van der Waals surface area contributed by atoms with Crippen molar-refractivity contribution in [3.05, 3.63) is 71.8 Å². The van der Waals surface area contributed by atoms with Crippen LogP contribution in [-0.2, 0) is 24.4 Å². The first-order chi connectivity index (χ1) is 14.8. The van der Waals surface area contributed by atoms with E-state index in [0.29, 0.717) is 5.57 Å². The second kappa shape index (κ2) is 8.73. The number of phenolic OH excluding ortho intramolecular Hbond substituents is 2. The third-order valence-corrected chi connectivity index (χ3v) is 6.16. The predicted molar refractivity (Wildman–Crippen MR) is 115 cm³/mol. The van der Waals surface area contributed by atoms with Gasteiger partial charge in [0.15, 0.2) is 0 Å². The molecule has 6 nitrogen and oxygen atoms in total. The first-order valence-corrected chi connectivity index (χ1v) is 10.5. The number of ether oxygens (including phenoxy) is 3. The van der Waals surface area contributed by atoms with Crippen molar-refractivity contribution >= 4 is 5.97 Å². The first-order valence-electron chi connectivity index (χ1n) is 10.5. The Kier molecular flexibility index (Phi) is 6.03. The number of benzene rings is 2. The van der Waals surface area contributed by atoms with Crippen LogP contribution in [0.15, 0.2) is 60.7 Å². The van der Waals surface area contributed by atoms with E-state index in [-0.39, 0.29) is 36.2 Å². The monoisotopic (exact) mass is 424 g/mol. The quantitative estimate of drug-likeness (QED) is 0.343. The molecular weight excluding hydrogens is 396 g/mol. The summed E-state index contributed by atoms with van der Waals surface area (Å²) in [6.07, 6.45) is 1.88. The maximum Gasteiger partial charge on any atom is 0.333 e. The van der Waals surface area contributed by atoms with Crippen molar-refractivity contribution in [2.45, 2.75) is 37.4 Å². The molecule has 2 aliphatic heterocycles. The third-order valence-electron chi connectivity index (χ3n) is 6.16. The van der Waals surface area contributed by atoms with Gasteiger partial charge in [-0.1, -0.05) is 30.8 Å². The normalized spacial score (nSPS) is 20.7. The standard InChI is InChI=1S/C25H28O6/c1-16(17(11-22-13-29-22)12-23-14-30-23)24(28)31-15-25(2,18-3-7-20(26)8-4-18)19-5-9-21(27)10-6-19/h3-10,17,22-23,26-27H,1,11-15H2,2H3. The zero-order valence-electron chi connectivity index (χ0n) is 17.6. The fourth-order valence-corrected chi connectivity index (χ4v) is 3.88. The van der Waals surface area contributed by atoms with E-state index in [2.05, 4.69) is 6.58 Å². The Morgan fingerprint density at radius 3 is 1.81 bits per heavy atom. The Morgan fingerprint density at radius 1 is 1.00 bits per heavy atom. The molecule has 2 atom stereocenters. The van der Waals surface area contributed by atoms with Crippen molar-refractivity contribution in [3.63, 3.8) is 0 Å². The Balaban J connectivity index is 1.50. The average molecular weight is 424 g/mol. The van der Waals surface area contributed by atoms with Gasteiger partial charge in [-0.2, -0.15) is 0 Å². The van der Waals surface area contributed by atoms with Gasteiger partial charge in [0.25, 0.3) is 0 Å². The van der Waals surface area contributed by atoms with Crippen LogP contribution in [0.2, 0.25) is 0 Å². The van der Waals surface area contributed by atoms with Gasteiger partial charge in [-0.05, 0) is 61.1 Å². The van der Waals surface area contributed by atoms with Crippen LogP contribution in [-0.4, -0.2) is 48.2 Å². The van der Waals surface area contributed by atoms with Crippen molar-refractivity contribution < 1.29 is 29.2 Å². The SMILES string of the molecule is C=C(C(=O)OCC(C)(c1ccc(O)cc1)c1ccc(O)cc1)C(CC1CO1)CC1CO1. The molecule has 0 amide bonds. The molecule has 2 aliphatic rings. The molecule has 0 aromatic heterocycles. The van der Waals surface area contributed by atoms with Crippen molar-refractivity contribution in [1.82, 2.24) is 0 Å². The summed E-state index contributed by atoms with van der Waals surface area (Å²) in [6.45, 7) is 7.54. The van der Waals surface area contributed by atoms with Gasteiger partial charge in [-0.15, -0.1) is 0 Å². The van der Waals surface area contributed by atoms with E-state index in [1.807, 2.05) is 31.2 Å². The lowest BCUT2D eigenvalue weighted by atomic mass is 9.77. The van der Waals surface area contributed by atoms with E-state index in [1.54, 1.807) is 24.3 Å². The highest BCUT2D eigenvalue weighted by atomic mass is 16.6. The van der Waals surface area contributed by atoms with Gasteiger partial charge in [0, 0.05) is 5.57 Å². The zero-order valence-corrected chi connectivity index (χ0v) is 17.6. The topological polar surface area (TPSA) is 91.8 Å². The number of epoxide rings is 2. The summed E-state index contributed by atoms with van der Waals surface area (Å²) < 4.78 is 16.5. The molecule has 2 heterocycles. The van der Waals surface area contributed by atoms with Gasteiger partial charge >= 0.3 is 5.97 Å². The minimum atomic E-state index is -0.675. The van der Waals surface area contributed by atoms with Crippen LogP contribution >= 0.6 is 0 Å². The molecule has 0 spiro atoms. The number of carbonyl (C=O) groups is 1. The van der Waals surface area contributed by atoms with E-state index in [4.69, 9.17) is 14.2 Å². The highest BCUT2D eigenvalue weighted by molar-refractivity contribution is 5.88. The van der Waals surface area contributed by atoms with Crippen LogP contribution < -0.4 is 0 Å². The molecule has 31 heavy (non-hydrogen) atoms. The van der Waals surface area contributed by atoms with Gasteiger partial charge in [0.1, 0.15) is 18.1 Å². The number of phenols is 2. The van der Waals surface area contributed by atoms with E-state index in [9.17, 15) is 15.0 Å². The number of hydrogen-bond donors (Lipinski definition) is 2. The Hall–Kier alpha value is -2.83. The lowest BCUT2D eigenvalue weighted by molar-refractivity contribution is -0.141. The van der Waals surface area contributed by atoms with Crippen LogP contribution in [0, 0.1) is 5.92 Å². The molecule has 2 aromatic carbocycles. The summed E-state index contributed by atoms with van der Waals surface area (Å²) in [6, 6.07) is 13.7. The molecule has 4 rings (SSSR count). The van der Waals surface area contributed by atoms with Gasteiger partial charge in [-0.3, -0.25) is 0 Å². The summed E-state index contributed by atoms with van der Waals surface area (Å²) >= 11 is 0. The van der Waals surface area contributed by atoms with Gasteiger partial charge in [0.2, 0.25) is 0 Å². The maximum atomic E-state index is 12.9. The molecule has 2 unspecified atom stereocenters. The second-order valence-corrected chi connectivity index (χ2v) is 8.61. The first kappa shape index (κ1) is 21.4. The lowest BCUT2D eigenvalue weighted by Crippen LogP contribution is -2.32. The Morgan fingerprint density at radius 2 is 1.42 bits per heavy atom. The van der Waals surface area contributed by atoms with Crippen molar-refractivity contribution in [2.75, 3.05) is 19.8 Å². The minimum Gasteiger partial charge on any atom is -0.508 e. The van der Waals surface area contributed by atoms with E-state index >= 15 is 0 Å². The zero-order chi connectivity index (χ0) is 22.0. The van der Waals surface area contributed by atoms with Crippen LogP contribution in [0.1, 0.15) is 30.9 Å². The molecule has 2 saturated heterocycles. The molecule has 2 aromatic rings. The lowest BCUT2D eigenvalue weighted by Gasteiger charge is -2.31. The smallest absolute Gasteiger partial charge is 0.333 e. The van der Waals surface area contributed by atoms with Crippen molar-refractivity contribution in [1.29, 1.82) is 0 Å². The molecule has 2 N–H and O–H groups in total. The second-order valence-electron chi connectivity index (χ2n) is 8.61. The number of carbonyl (C=O) groups excluding carboxylic acids is 1. The molecule has 0 aliphatic carbocycles.